The SMILES string of the molecule is NC[C@@H](C=O)Nc1cc(C(N)=O)nc(N2CC[C@@H](Oc3ccc(C(F)(F)F)cc3)C2)n1. The fourth-order valence-electron chi connectivity index (χ4n) is 3.04. The number of anilines is 2. The van der Waals surface area contributed by atoms with Gasteiger partial charge in [-0.05, 0) is 24.3 Å². The van der Waals surface area contributed by atoms with Gasteiger partial charge in [-0.3, -0.25) is 4.79 Å². The molecule has 1 aromatic heterocycles. The fourth-order valence-corrected chi connectivity index (χ4v) is 3.04. The Kier molecular flexibility index (Phi) is 6.59. The Bertz CT molecular complexity index is 938. The first-order valence-electron chi connectivity index (χ1n) is 9.39. The summed E-state index contributed by atoms with van der Waals surface area (Å²) in [6.07, 6.45) is -3.55. The highest BCUT2D eigenvalue weighted by Crippen LogP contribution is 2.31. The Labute approximate surface area is 175 Å². The van der Waals surface area contributed by atoms with Gasteiger partial charge in [-0.2, -0.15) is 18.2 Å². The van der Waals surface area contributed by atoms with Crippen LogP contribution < -0.4 is 26.4 Å². The van der Waals surface area contributed by atoms with Gasteiger partial charge < -0.3 is 31.2 Å². The highest BCUT2D eigenvalue weighted by molar-refractivity contribution is 5.92. The van der Waals surface area contributed by atoms with Crippen LogP contribution in [0.5, 0.6) is 5.75 Å². The first-order chi connectivity index (χ1) is 14.7. The van der Waals surface area contributed by atoms with E-state index in [0.29, 0.717) is 31.5 Å². The van der Waals surface area contributed by atoms with Crippen molar-refractivity contribution >= 4 is 24.0 Å². The van der Waals surface area contributed by atoms with Crippen molar-refractivity contribution in [1.82, 2.24) is 9.97 Å². The third-order valence-electron chi connectivity index (χ3n) is 4.63. The van der Waals surface area contributed by atoms with Gasteiger partial charge in [0.15, 0.2) is 0 Å². The number of nitrogens with zero attached hydrogens (tertiary/aromatic N) is 3. The van der Waals surface area contributed by atoms with Crippen molar-refractivity contribution in [2.45, 2.75) is 24.7 Å². The monoisotopic (exact) mass is 438 g/mol. The van der Waals surface area contributed by atoms with Gasteiger partial charge >= 0.3 is 6.18 Å². The lowest BCUT2D eigenvalue weighted by molar-refractivity contribution is -0.137. The molecule has 0 radical (unpaired) electrons. The van der Waals surface area contributed by atoms with Crippen LogP contribution in [0.2, 0.25) is 0 Å². The van der Waals surface area contributed by atoms with Crippen LogP contribution in [0.15, 0.2) is 30.3 Å². The first kappa shape index (κ1) is 22.3. The predicted molar refractivity (Wildman–Crippen MR) is 106 cm³/mol. The molecule has 1 aromatic carbocycles. The molecule has 1 aliphatic heterocycles. The maximum absolute atomic E-state index is 12.7. The van der Waals surface area contributed by atoms with Gasteiger partial charge in [0.25, 0.3) is 5.91 Å². The van der Waals surface area contributed by atoms with Crippen LogP contribution in [0.4, 0.5) is 24.9 Å². The molecular weight excluding hydrogens is 417 g/mol. The second kappa shape index (κ2) is 9.16. The molecule has 9 nitrogen and oxygen atoms in total. The number of alkyl halides is 3. The predicted octanol–water partition coefficient (Wildman–Crippen LogP) is 1.19. The van der Waals surface area contributed by atoms with Crippen molar-refractivity contribution in [3.05, 3.63) is 41.6 Å². The number of hydrogen-bond acceptors (Lipinski definition) is 8. The number of primary amides is 1. The van der Waals surface area contributed by atoms with Gasteiger partial charge in [-0.15, -0.1) is 0 Å². The summed E-state index contributed by atoms with van der Waals surface area (Å²) in [4.78, 5) is 32.9. The molecule has 5 N–H and O–H groups in total. The van der Waals surface area contributed by atoms with E-state index in [1.54, 1.807) is 4.90 Å². The molecule has 31 heavy (non-hydrogen) atoms. The molecule has 2 heterocycles. The molecule has 0 aliphatic carbocycles. The Morgan fingerprint density at radius 2 is 2.03 bits per heavy atom. The van der Waals surface area contributed by atoms with E-state index in [1.165, 1.54) is 18.2 Å². The summed E-state index contributed by atoms with van der Waals surface area (Å²) in [5.41, 5.74) is 10.0. The number of nitrogens with two attached hydrogens (primary N) is 2. The number of carbonyl (C=O) groups excluding carboxylic acids is 2. The van der Waals surface area contributed by atoms with Gasteiger partial charge in [-0.1, -0.05) is 0 Å². The minimum Gasteiger partial charge on any atom is -0.489 e. The van der Waals surface area contributed by atoms with E-state index in [4.69, 9.17) is 16.2 Å². The lowest BCUT2D eigenvalue weighted by Crippen LogP contribution is -2.32. The molecule has 0 saturated carbocycles. The molecule has 2 aromatic rings. The number of nitrogens with one attached hydrogen (secondary N) is 1. The van der Waals surface area contributed by atoms with Crippen molar-refractivity contribution in [2.75, 3.05) is 29.9 Å². The fraction of sp³-hybridized carbons (Fsp3) is 0.368. The number of carbonyl (C=O) groups is 2. The highest BCUT2D eigenvalue weighted by Gasteiger charge is 2.31. The number of aromatic nitrogens is 2. The molecule has 12 heteroatoms. The van der Waals surface area contributed by atoms with Crippen molar-refractivity contribution < 1.29 is 27.5 Å². The van der Waals surface area contributed by atoms with Crippen LogP contribution in [0.25, 0.3) is 0 Å². The summed E-state index contributed by atoms with van der Waals surface area (Å²) < 4.78 is 43.8. The summed E-state index contributed by atoms with van der Waals surface area (Å²) >= 11 is 0. The molecule has 0 spiro atoms. The summed E-state index contributed by atoms with van der Waals surface area (Å²) in [5, 5.41) is 2.80. The number of halogens is 3. The number of hydrogen-bond donors (Lipinski definition) is 3. The van der Waals surface area contributed by atoms with Gasteiger partial charge in [0.1, 0.15) is 29.7 Å². The lowest BCUT2D eigenvalue weighted by atomic mass is 10.2. The van der Waals surface area contributed by atoms with Crippen LogP contribution in [0.1, 0.15) is 22.5 Å². The Balaban J connectivity index is 1.71. The number of ether oxygens (including phenoxy) is 1. The maximum Gasteiger partial charge on any atom is 0.416 e. The summed E-state index contributed by atoms with van der Waals surface area (Å²) in [6, 6.07) is 5.08. The summed E-state index contributed by atoms with van der Waals surface area (Å²) in [7, 11) is 0. The molecule has 1 saturated heterocycles. The van der Waals surface area contributed by atoms with Crippen molar-refractivity contribution in [1.29, 1.82) is 0 Å². The standard InChI is InChI=1S/C19H21F3N6O3/c20-19(21,22)11-1-3-13(4-2-11)31-14-5-6-28(9-14)18-26-15(17(24)30)7-16(27-18)25-12(8-23)10-29/h1-4,7,10,12,14H,5-6,8-9,23H2,(H2,24,30)(H,25,26,27)/t12-,14+/m0/s1. The second-order valence-electron chi connectivity index (χ2n) is 6.92. The lowest BCUT2D eigenvalue weighted by Gasteiger charge is -2.19. The summed E-state index contributed by atoms with van der Waals surface area (Å²) in [6.45, 7) is 0.860. The Hall–Kier alpha value is -3.41. The summed E-state index contributed by atoms with van der Waals surface area (Å²) in [5.74, 6) is -0.0305. The normalized spacial score (nSPS) is 17.3. The van der Waals surface area contributed by atoms with Crippen LogP contribution in [0, 0.1) is 0 Å². The zero-order valence-electron chi connectivity index (χ0n) is 16.3. The van der Waals surface area contributed by atoms with Crippen LogP contribution in [0.3, 0.4) is 0 Å². The quantitative estimate of drug-likeness (QED) is 0.523. The number of benzene rings is 1. The van der Waals surface area contributed by atoms with Crippen molar-refractivity contribution in [3.8, 4) is 5.75 Å². The molecule has 3 rings (SSSR count). The maximum atomic E-state index is 12.7. The Morgan fingerprint density at radius 1 is 1.32 bits per heavy atom. The number of amides is 1. The van der Waals surface area contributed by atoms with Crippen molar-refractivity contribution in [3.63, 3.8) is 0 Å². The first-order valence-corrected chi connectivity index (χ1v) is 9.39. The molecule has 1 amide bonds. The minimum absolute atomic E-state index is 0.0293. The molecule has 1 fully saturated rings. The molecule has 0 bridgehead atoms. The highest BCUT2D eigenvalue weighted by atomic mass is 19.4. The number of rotatable bonds is 8. The van der Waals surface area contributed by atoms with Gasteiger partial charge in [0.05, 0.1) is 18.2 Å². The zero-order valence-corrected chi connectivity index (χ0v) is 16.3. The van der Waals surface area contributed by atoms with E-state index in [-0.39, 0.29) is 30.1 Å². The van der Waals surface area contributed by atoms with Crippen LogP contribution >= 0.6 is 0 Å². The molecule has 166 valence electrons. The van der Waals surface area contributed by atoms with Crippen molar-refractivity contribution in [2.24, 2.45) is 11.5 Å². The third kappa shape index (κ3) is 5.60. The average molecular weight is 438 g/mol. The smallest absolute Gasteiger partial charge is 0.416 e. The van der Waals surface area contributed by atoms with Gasteiger partial charge in [0, 0.05) is 25.6 Å². The topological polar surface area (TPSA) is 136 Å². The second-order valence-corrected chi connectivity index (χ2v) is 6.92. The molecule has 0 unspecified atom stereocenters. The largest absolute Gasteiger partial charge is 0.489 e. The Morgan fingerprint density at radius 3 is 2.61 bits per heavy atom. The average Bonchev–Trinajstić information content (AvgIpc) is 3.20. The molecule has 2 atom stereocenters. The van der Waals surface area contributed by atoms with E-state index < -0.39 is 23.7 Å². The van der Waals surface area contributed by atoms with Gasteiger partial charge in [0.2, 0.25) is 5.95 Å². The van der Waals surface area contributed by atoms with E-state index >= 15 is 0 Å². The van der Waals surface area contributed by atoms with E-state index in [1.807, 2.05) is 0 Å². The van der Waals surface area contributed by atoms with Gasteiger partial charge in [-0.25, -0.2) is 4.98 Å². The van der Waals surface area contributed by atoms with Crippen LogP contribution in [-0.2, 0) is 11.0 Å². The molecule has 1 aliphatic rings. The van der Waals surface area contributed by atoms with Crippen LogP contribution in [-0.4, -0.2) is 53.9 Å². The van der Waals surface area contributed by atoms with E-state index in [0.717, 1.165) is 12.1 Å². The molecular formula is C19H21F3N6O3. The van der Waals surface area contributed by atoms with E-state index in [2.05, 4.69) is 15.3 Å². The van der Waals surface area contributed by atoms with E-state index in [9.17, 15) is 22.8 Å². The number of aldehydes is 1. The third-order valence-corrected chi connectivity index (χ3v) is 4.63. The zero-order chi connectivity index (χ0) is 22.6. The minimum atomic E-state index is -4.41.